The fraction of sp³-hybridized carbons (Fsp3) is 0.0769. The summed E-state index contributed by atoms with van der Waals surface area (Å²) < 4.78 is 0. The molecule has 0 amide bonds. The predicted molar refractivity (Wildman–Crippen MR) is 78.3 cm³/mol. The molecule has 0 saturated carbocycles. The lowest BCUT2D eigenvalue weighted by atomic mass is 10.2. The van der Waals surface area contributed by atoms with Crippen LogP contribution in [0.1, 0.15) is 0 Å². The van der Waals surface area contributed by atoms with Gasteiger partial charge in [0.05, 0.1) is 16.2 Å². The lowest BCUT2D eigenvalue weighted by Gasteiger charge is -2.00. The highest BCUT2D eigenvalue weighted by Gasteiger charge is 2.08. The first-order valence-electron chi connectivity index (χ1n) is 5.77. The van der Waals surface area contributed by atoms with Crippen LogP contribution in [0.15, 0.2) is 30.3 Å². The summed E-state index contributed by atoms with van der Waals surface area (Å²) in [5.74, 6) is 1.50. The molecule has 96 valence electrons. The van der Waals surface area contributed by atoms with Gasteiger partial charge in [0.25, 0.3) is 0 Å². The molecule has 0 aliphatic rings. The Balaban J connectivity index is 2.11. The molecule has 3 aromatic rings. The summed E-state index contributed by atoms with van der Waals surface area (Å²) in [6.07, 6.45) is 0. The number of aromatic amines is 1. The second kappa shape index (κ2) is 4.44. The number of fused-ring (bicyclic) bond motifs is 1. The van der Waals surface area contributed by atoms with E-state index < -0.39 is 0 Å². The smallest absolute Gasteiger partial charge is 0.180 e. The van der Waals surface area contributed by atoms with Crippen LogP contribution >= 0.6 is 11.6 Å². The van der Waals surface area contributed by atoms with Crippen molar-refractivity contribution in [1.82, 2.24) is 15.0 Å². The number of H-pyrrole nitrogens is 1. The average molecular weight is 274 g/mol. The highest BCUT2D eigenvalue weighted by Crippen LogP contribution is 2.26. The normalized spacial score (nSPS) is 10.8. The minimum absolute atomic E-state index is 0.531. The Labute approximate surface area is 114 Å². The van der Waals surface area contributed by atoms with Crippen LogP contribution in [0.2, 0.25) is 5.02 Å². The number of aromatic nitrogens is 3. The molecule has 5 nitrogen and oxygen atoms in total. The standard InChI is InChI=1S/C13H12ClN5/c1-16-11-5-4-10-13(18-11)19-12(17-10)7-2-3-8(14)9(15)6-7/h2-6H,15H2,1H3,(H2,16,17,18,19). The van der Waals surface area contributed by atoms with Crippen molar-refractivity contribution in [1.29, 1.82) is 0 Å². The van der Waals surface area contributed by atoms with Crippen LogP contribution < -0.4 is 11.1 Å². The number of anilines is 2. The zero-order valence-corrected chi connectivity index (χ0v) is 11.0. The number of nitrogens with two attached hydrogens (primary N) is 1. The molecule has 1 aromatic carbocycles. The second-order valence-electron chi connectivity index (χ2n) is 4.14. The van der Waals surface area contributed by atoms with Gasteiger partial charge in [-0.15, -0.1) is 0 Å². The average Bonchev–Trinajstić information content (AvgIpc) is 2.84. The van der Waals surface area contributed by atoms with Gasteiger partial charge in [0.15, 0.2) is 5.65 Å². The van der Waals surface area contributed by atoms with Crippen molar-refractivity contribution < 1.29 is 0 Å². The van der Waals surface area contributed by atoms with Gasteiger partial charge in [-0.1, -0.05) is 11.6 Å². The van der Waals surface area contributed by atoms with Gasteiger partial charge < -0.3 is 16.0 Å². The molecule has 0 saturated heterocycles. The highest BCUT2D eigenvalue weighted by molar-refractivity contribution is 6.33. The molecular formula is C13H12ClN5. The number of benzene rings is 1. The number of hydrogen-bond donors (Lipinski definition) is 3. The molecule has 2 heterocycles. The largest absolute Gasteiger partial charge is 0.398 e. The molecule has 0 atom stereocenters. The zero-order chi connectivity index (χ0) is 13.4. The van der Waals surface area contributed by atoms with E-state index in [0.29, 0.717) is 16.4 Å². The minimum Gasteiger partial charge on any atom is -0.398 e. The number of hydrogen-bond acceptors (Lipinski definition) is 4. The number of imidazole rings is 1. The molecular weight excluding hydrogens is 262 g/mol. The van der Waals surface area contributed by atoms with Gasteiger partial charge in [-0.25, -0.2) is 9.97 Å². The van der Waals surface area contributed by atoms with E-state index in [9.17, 15) is 0 Å². The molecule has 0 radical (unpaired) electrons. The molecule has 0 spiro atoms. The van der Waals surface area contributed by atoms with Gasteiger partial charge in [-0.2, -0.15) is 0 Å². The lowest BCUT2D eigenvalue weighted by Crippen LogP contribution is -1.91. The van der Waals surface area contributed by atoms with Gasteiger partial charge in [0, 0.05) is 12.6 Å². The maximum Gasteiger partial charge on any atom is 0.180 e. The van der Waals surface area contributed by atoms with Crippen LogP contribution in [0.3, 0.4) is 0 Å². The van der Waals surface area contributed by atoms with E-state index in [1.807, 2.05) is 25.2 Å². The molecule has 3 rings (SSSR count). The Kier molecular flexibility index (Phi) is 2.76. The van der Waals surface area contributed by atoms with Crippen molar-refractivity contribution in [2.24, 2.45) is 0 Å². The maximum absolute atomic E-state index is 5.91. The summed E-state index contributed by atoms with van der Waals surface area (Å²) in [5, 5.41) is 3.52. The van der Waals surface area contributed by atoms with Crippen molar-refractivity contribution in [3.8, 4) is 11.4 Å². The second-order valence-corrected chi connectivity index (χ2v) is 4.55. The van der Waals surface area contributed by atoms with E-state index in [0.717, 1.165) is 22.7 Å². The SMILES string of the molecule is CNc1ccc2[nH]c(-c3ccc(Cl)c(N)c3)nc2n1. The monoisotopic (exact) mass is 273 g/mol. The molecule has 4 N–H and O–H groups in total. The van der Waals surface area contributed by atoms with Crippen LogP contribution in [-0.4, -0.2) is 22.0 Å². The lowest BCUT2D eigenvalue weighted by molar-refractivity contribution is 1.28. The number of rotatable bonds is 2. The van der Waals surface area contributed by atoms with Crippen molar-refractivity contribution >= 4 is 34.3 Å². The maximum atomic E-state index is 5.91. The van der Waals surface area contributed by atoms with E-state index in [4.69, 9.17) is 17.3 Å². The van der Waals surface area contributed by atoms with Gasteiger partial charge in [-0.05, 0) is 30.3 Å². The van der Waals surface area contributed by atoms with E-state index >= 15 is 0 Å². The summed E-state index contributed by atoms with van der Waals surface area (Å²) in [4.78, 5) is 12.0. The number of nitrogens with one attached hydrogen (secondary N) is 2. The first-order chi connectivity index (χ1) is 9.17. The number of nitrogens with zero attached hydrogens (tertiary/aromatic N) is 2. The van der Waals surface area contributed by atoms with Crippen LogP contribution in [0.25, 0.3) is 22.6 Å². The minimum atomic E-state index is 0.531. The van der Waals surface area contributed by atoms with Crippen LogP contribution in [0.4, 0.5) is 11.5 Å². The van der Waals surface area contributed by atoms with E-state index in [1.54, 1.807) is 12.1 Å². The number of nitrogen functional groups attached to an aromatic ring is 1. The Morgan fingerprint density at radius 2 is 2.05 bits per heavy atom. The van der Waals surface area contributed by atoms with Crippen LogP contribution in [0, 0.1) is 0 Å². The Morgan fingerprint density at radius 1 is 1.21 bits per heavy atom. The molecule has 0 aliphatic heterocycles. The zero-order valence-electron chi connectivity index (χ0n) is 10.2. The molecule has 6 heteroatoms. The quantitative estimate of drug-likeness (QED) is 0.627. The number of pyridine rings is 1. The topological polar surface area (TPSA) is 79.6 Å². The molecule has 2 aromatic heterocycles. The van der Waals surface area contributed by atoms with Crippen molar-refractivity contribution in [2.75, 3.05) is 18.1 Å². The van der Waals surface area contributed by atoms with Crippen LogP contribution in [0.5, 0.6) is 0 Å². The van der Waals surface area contributed by atoms with Gasteiger partial charge in [0.2, 0.25) is 0 Å². The molecule has 0 fully saturated rings. The third-order valence-electron chi connectivity index (χ3n) is 2.87. The van der Waals surface area contributed by atoms with E-state index in [-0.39, 0.29) is 0 Å². The van der Waals surface area contributed by atoms with Crippen molar-refractivity contribution in [3.63, 3.8) is 0 Å². The summed E-state index contributed by atoms with van der Waals surface area (Å²) in [7, 11) is 1.82. The fourth-order valence-electron chi connectivity index (χ4n) is 1.86. The van der Waals surface area contributed by atoms with Crippen molar-refractivity contribution in [3.05, 3.63) is 35.4 Å². The third kappa shape index (κ3) is 2.08. The van der Waals surface area contributed by atoms with E-state index in [1.165, 1.54) is 0 Å². The first kappa shape index (κ1) is 11.8. The summed E-state index contributed by atoms with van der Waals surface area (Å²) in [6, 6.07) is 9.24. The molecule has 0 aliphatic carbocycles. The summed E-state index contributed by atoms with van der Waals surface area (Å²) in [6.45, 7) is 0. The van der Waals surface area contributed by atoms with Gasteiger partial charge >= 0.3 is 0 Å². The highest BCUT2D eigenvalue weighted by atomic mass is 35.5. The van der Waals surface area contributed by atoms with E-state index in [2.05, 4.69) is 20.3 Å². The van der Waals surface area contributed by atoms with Gasteiger partial charge in [-0.3, -0.25) is 0 Å². The third-order valence-corrected chi connectivity index (χ3v) is 3.22. The molecule has 0 bridgehead atoms. The Morgan fingerprint density at radius 3 is 2.79 bits per heavy atom. The number of halogens is 1. The van der Waals surface area contributed by atoms with Crippen molar-refractivity contribution in [2.45, 2.75) is 0 Å². The fourth-order valence-corrected chi connectivity index (χ4v) is 1.98. The molecule has 19 heavy (non-hydrogen) atoms. The molecule has 0 unspecified atom stereocenters. The first-order valence-corrected chi connectivity index (χ1v) is 6.15. The summed E-state index contributed by atoms with van der Waals surface area (Å²) in [5.41, 5.74) is 8.75. The Hall–Kier alpha value is -2.27. The van der Waals surface area contributed by atoms with Crippen LogP contribution in [-0.2, 0) is 0 Å². The predicted octanol–water partition coefficient (Wildman–Crippen LogP) is 2.90. The summed E-state index contributed by atoms with van der Waals surface area (Å²) >= 11 is 5.91. The Bertz CT molecular complexity index is 750. The van der Waals surface area contributed by atoms with Gasteiger partial charge in [0.1, 0.15) is 11.6 Å².